The summed E-state index contributed by atoms with van der Waals surface area (Å²) < 4.78 is 5.48. The van der Waals surface area contributed by atoms with Crippen LogP contribution in [0.25, 0.3) is 0 Å². The summed E-state index contributed by atoms with van der Waals surface area (Å²) >= 11 is 0. The minimum atomic E-state index is -0.845. The molecule has 6 nitrogen and oxygen atoms in total. The van der Waals surface area contributed by atoms with E-state index in [4.69, 9.17) is 4.74 Å². The van der Waals surface area contributed by atoms with Crippen LogP contribution in [0.4, 0.5) is 0 Å². The molecule has 1 amide bonds. The molecule has 0 aromatic rings. The van der Waals surface area contributed by atoms with Crippen LogP contribution in [0.2, 0.25) is 0 Å². The molecule has 0 rings (SSSR count). The van der Waals surface area contributed by atoms with Crippen LogP contribution in [0.5, 0.6) is 0 Å². The van der Waals surface area contributed by atoms with Gasteiger partial charge < -0.3 is 20.3 Å². The number of hydrogen-bond acceptors (Lipinski definition) is 5. The Bertz CT molecular complexity index is 1120. The Balaban J connectivity index is 3.40. The van der Waals surface area contributed by atoms with Gasteiger partial charge in [-0.2, -0.15) is 0 Å². The van der Waals surface area contributed by atoms with Crippen molar-refractivity contribution < 1.29 is 24.5 Å². The van der Waals surface area contributed by atoms with E-state index < -0.39 is 12.1 Å². The van der Waals surface area contributed by atoms with E-state index in [0.29, 0.717) is 19.4 Å². The zero-order valence-electron chi connectivity index (χ0n) is 46.3. The lowest BCUT2D eigenvalue weighted by molar-refractivity contribution is -0.143. The van der Waals surface area contributed by atoms with Gasteiger partial charge in [0.2, 0.25) is 5.91 Å². The molecule has 0 saturated carbocycles. The van der Waals surface area contributed by atoms with Gasteiger partial charge in [0.1, 0.15) is 0 Å². The molecule has 0 aliphatic carbocycles. The van der Waals surface area contributed by atoms with Crippen LogP contribution in [-0.2, 0) is 14.3 Å². The second-order valence-corrected chi connectivity index (χ2v) is 21.0. The predicted octanol–water partition coefficient (Wildman–Crippen LogP) is 19.2. The van der Waals surface area contributed by atoms with Gasteiger partial charge in [0.25, 0.3) is 0 Å². The van der Waals surface area contributed by atoms with Crippen LogP contribution in [-0.4, -0.2) is 47.4 Å². The molecule has 0 heterocycles. The van der Waals surface area contributed by atoms with Crippen molar-refractivity contribution in [1.82, 2.24) is 5.32 Å². The third-order valence-electron chi connectivity index (χ3n) is 14.1. The van der Waals surface area contributed by atoms with E-state index in [2.05, 4.69) is 43.5 Å². The molecule has 6 heteroatoms. The van der Waals surface area contributed by atoms with E-state index in [-0.39, 0.29) is 18.5 Å². The second kappa shape index (κ2) is 58.6. The van der Waals surface area contributed by atoms with E-state index >= 15 is 0 Å². The van der Waals surface area contributed by atoms with Crippen molar-refractivity contribution >= 4 is 11.9 Å². The largest absolute Gasteiger partial charge is 0.466 e. The first-order chi connectivity index (χ1) is 34.0. The second-order valence-electron chi connectivity index (χ2n) is 21.0. The maximum atomic E-state index is 12.4. The number of ether oxygens (including phenoxy) is 1. The number of unbranched alkanes of at least 4 members (excludes halogenated alkanes) is 42. The zero-order chi connectivity index (χ0) is 50.0. The number of aliphatic hydroxyl groups excluding tert-OH is 2. The molecule has 2 unspecified atom stereocenters. The fraction of sp³-hybridized carbons (Fsp3) is 0.873. The van der Waals surface area contributed by atoms with Crippen LogP contribution < -0.4 is 5.32 Å². The molecule has 2 atom stereocenters. The minimum Gasteiger partial charge on any atom is -0.466 e. The topological polar surface area (TPSA) is 95.9 Å². The number of rotatable bonds is 57. The van der Waals surface area contributed by atoms with Gasteiger partial charge in [0.05, 0.1) is 25.4 Å². The summed E-state index contributed by atoms with van der Waals surface area (Å²) in [6, 6.07) is -0.629. The summed E-state index contributed by atoms with van der Waals surface area (Å²) in [6.07, 6.45) is 73.3. The average Bonchev–Trinajstić information content (AvgIpc) is 3.35. The van der Waals surface area contributed by atoms with Crippen molar-refractivity contribution in [1.29, 1.82) is 0 Å². The highest BCUT2D eigenvalue weighted by Gasteiger charge is 2.18. The fourth-order valence-corrected chi connectivity index (χ4v) is 9.39. The van der Waals surface area contributed by atoms with E-state index in [1.165, 1.54) is 257 Å². The highest BCUT2D eigenvalue weighted by atomic mass is 16.5. The molecule has 0 spiro atoms. The van der Waals surface area contributed by atoms with Gasteiger partial charge in [0.15, 0.2) is 0 Å². The zero-order valence-corrected chi connectivity index (χ0v) is 46.3. The summed E-state index contributed by atoms with van der Waals surface area (Å²) in [7, 11) is 0. The van der Waals surface area contributed by atoms with Gasteiger partial charge in [-0.05, 0) is 83.5 Å². The van der Waals surface area contributed by atoms with Gasteiger partial charge in [-0.25, -0.2) is 0 Å². The molecule has 0 aromatic carbocycles. The fourth-order valence-electron chi connectivity index (χ4n) is 9.39. The van der Waals surface area contributed by atoms with Gasteiger partial charge in [0, 0.05) is 12.8 Å². The van der Waals surface area contributed by atoms with Gasteiger partial charge in [-0.1, -0.05) is 269 Å². The van der Waals surface area contributed by atoms with Crippen LogP contribution in [0.15, 0.2) is 36.5 Å². The first-order valence-electron chi connectivity index (χ1n) is 30.8. The number of allylic oxidation sites excluding steroid dienone is 5. The molecular weight excluding hydrogens is 851 g/mol. The lowest BCUT2D eigenvalue weighted by atomic mass is 10.0. The number of aliphatic hydroxyl groups is 2. The molecule has 0 fully saturated rings. The predicted molar refractivity (Wildman–Crippen MR) is 301 cm³/mol. The maximum absolute atomic E-state index is 12.4. The number of esters is 1. The quantitative estimate of drug-likeness (QED) is 0.0321. The molecule has 0 aliphatic rings. The Kier molecular flexibility index (Phi) is 57.0. The summed E-state index contributed by atoms with van der Waals surface area (Å²) in [6.45, 7) is 4.89. The number of amides is 1. The van der Waals surface area contributed by atoms with Crippen LogP contribution in [0.3, 0.4) is 0 Å². The summed E-state index contributed by atoms with van der Waals surface area (Å²) in [5, 5.41) is 23.0. The van der Waals surface area contributed by atoms with Gasteiger partial charge in [-0.15, -0.1) is 0 Å². The van der Waals surface area contributed by atoms with Gasteiger partial charge in [-0.3, -0.25) is 9.59 Å². The number of hydrogen-bond donors (Lipinski definition) is 3. The maximum Gasteiger partial charge on any atom is 0.305 e. The number of carbonyl (C=O) groups excluding carboxylic acids is 2. The summed E-state index contributed by atoms with van der Waals surface area (Å²) in [5.74, 6) is -0.0665. The SMILES string of the molecule is CCCCCCCC/C=C\CCCCCCCC(=O)OCCCCCCCCCCCCCC/C=C\CCCCCCCCCCCC(=O)NC(CO)C(O)/C=C/CCCCCCCCCCCC. The van der Waals surface area contributed by atoms with Crippen LogP contribution >= 0.6 is 0 Å². The lowest BCUT2D eigenvalue weighted by Crippen LogP contribution is -2.45. The molecule has 0 aromatic heterocycles. The summed E-state index contributed by atoms with van der Waals surface area (Å²) in [5.41, 5.74) is 0. The standard InChI is InChI=1S/C63H119NO5/c1-3-5-7-9-11-13-15-17-29-33-37-41-45-49-53-57-63(68)69-58-54-50-46-42-38-34-31-28-26-24-22-20-18-19-21-23-25-27-30-32-36-40-44-48-52-56-62(67)64-60(59-65)61(66)55-51-47-43-39-35-16-14-12-10-8-6-4-2/h17,19,21,29,51,55,60-61,65-66H,3-16,18,20,22-28,30-50,52-54,56-59H2,1-2H3,(H,64,67)/b21-19-,29-17-,55-51+. The molecule has 0 saturated heterocycles. The van der Waals surface area contributed by atoms with Crippen molar-refractivity contribution in [3.63, 3.8) is 0 Å². The highest BCUT2D eigenvalue weighted by Crippen LogP contribution is 2.16. The van der Waals surface area contributed by atoms with Crippen molar-refractivity contribution in [2.45, 2.75) is 341 Å². The monoisotopic (exact) mass is 970 g/mol. The Hall–Kier alpha value is -1.92. The minimum absolute atomic E-state index is 0.00494. The molecule has 0 radical (unpaired) electrons. The van der Waals surface area contributed by atoms with Gasteiger partial charge >= 0.3 is 5.97 Å². The lowest BCUT2D eigenvalue weighted by Gasteiger charge is -2.20. The first kappa shape index (κ1) is 67.1. The van der Waals surface area contributed by atoms with Crippen LogP contribution in [0.1, 0.15) is 328 Å². The van der Waals surface area contributed by atoms with E-state index in [0.717, 1.165) is 44.9 Å². The molecule has 406 valence electrons. The normalized spacial score (nSPS) is 12.8. The molecule has 3 N–H and O–H groups in total. The Morgan fingerprint density at radius 1 is 0.391 bits per heavy atom. The third kappa shape index (κ3) is 55.2. The highest BCUT2D eigenvalue weighted by molar-refractivity contribution is 5.76. The smallest absolute Gasteiger partial charge is 0.305 e. The molecular formula is C63H119NO5. The molecule has 69 heavy (non-hydrogen) atoms. The Labute approximate surface area is 430 Å². The van der Waals surface area contributed by atoms with Crippen molar-refractivity contribution in [3.8, 4) is 0 Å². The molecule has 0 bridgehead atoms. The molecule has 0 aliphatic heterocycles. The first-order valence-corrected chi connectivity index (χ1v) is 30.8. The van der Waals surface area contributed by atoms with Crippen molar-refractivity contribution in [2.75, 3.05) is 13.2 Å². The van der Waals surface area contributed by atoms with E-state index in [9.17, 15) is 19.8 Å². The Morgan fingerprint density at radius 3 is 1.03 bits per heavy atom. The van der Waals surface area contributed by atoms with Crippen molar-refractivity contribution in [3.05, 3.63) is 36.5 Å². The van der Waals surface area contributed by atoms with E-state index in [1.807, 2.05) is 6.08 Å². The average molecular weight is 971 g/mol. The Morgan fingerprint density at radius 2 is 0.681 bits per heavy atom. The van der Waals surface area contributed by atoms with Crippen LogP contribution in [0, 0.1) is 0 Å². The number of carbonyl (C=O) groups is 2. The van der Waals surface area contributed by atoms with Crippen molar-refractivity contribution in [2.24, 2.45) is 0 Å². The number of nitrogens with one attached hydrogen (secondary N) is 1. The third-order valence-corrected chi connectivity index (χ3v) is 14.1. The van der Waals surface area contributed by atoms with E-state index in [1.54, 1.807) is 6.08 Å². The summed E-state index contributed by atoms with van der Waals surface area (Å²) in [4.78, 5) is 24.5.